The Morgan fingerprint density at radius 3 is 1.79 bits per heavy atom. The maximum absolute atomic E-state index is 15.6. The predicted molar refractivity (Wildman–Crippen MR) is 396 cm³/mol. The molecule has 8 aromatic rings. The molecule has 10 amide bonds. The van der Waals surface area contributed by atoms with Crippen molar-refractivity contribution in [3.8, 4) is 5.75 Å². The summed E-state index contributed by atoms with van der Waals surface area (Å²) in [6.07, 6.45) is 4.49. The van der Waals surface area contributed by atoms with Gasteiger partial charge < -0.3 is 84.1 Å². The van der Waals surface area contributed by atoms with E-state index < -0.39 is 151 Å². The summed E-state index contributed by atoms with van der Waals surface area (Å²) in [5, 5.41) is 42.5. The molecule has 2 aliphatic rings. The number of thioether (sulfide) groups is 2. The molecule has 0 saturated carbocycles. The maximum atomic E-state index is 15.6. The van der Waals surface area contributed by atoms with Crippen LogP contribution < -0.4 is 54.0 Å². The molecule has 1 fully saturated rings. The van der Waals surface area contributed by atoms with E-state index in [2.05, 4.69) is 62.5 Å². The van der Waals surface area contributed by atoms with Crippen LogP contribution in [0.15, 0.2) is 140 Å². The van der Waals surface area contributed by atoms with Crippen LogP contribution in [-0.4, -0.2) is 180 Å². The summed E-state index contributed by atoms with van der Waals surface area (Å²) in [7, 11) is 0. The number of primary amides is 1. The van der Waals surface area contributed by atoms with Crippen molar-refractivity contribution in [2.24, 2.45) is 17.4 Å². The fraction of sp³-hybridized carbons (Fsp3) is 0.360. The highest BCUT2D eigenvalue weighted by Gasteiger charge is 2.44. The highest BCUT2D eigenvalue weighted by atomic mass is 32.2. The largest absolute Gasteiger partial charge is 0.508 e. The van der Waals surface area contributed by atoms with E-state index >= 15 is 23.6 Å². The van der Waals surface area contributed by atoms with E-state index in [4.69, 9.17) is 11.5 Å². The third kappa shape index (κ3) is 22.5. The smallest absolute Gasteiger partial charge is 0.305 e. The van der Waals surface area contributed by atoms with E-state index in [1.165, 1.54) is 114 Å². The molecule has 0 unspecified atom stereocenters. The van der Waals surface area contributed by atoms with E-state index in [-0.39, 0.29) is 72.7 Å². The molecular formula is C75H85F2N15O13S2. The number of unbranched alkanes of at least 4 members (excludes halogenated alkanes) is 1. The number of carbonyl (C=O) groups excluding carboxylic acids is 10. The second kappa shape index (κ2) is 37.7. The molecular weight excluding hydrogens is 1420 g/mol. The first-order chi connectivity index (χ1) is 51.5. The molecule has 3 aromatic heterocycles. The summed E-state index contributed by atoms with van der Waals surface area (Å²) in [5.74, 6) is -11.1. The number of rotatable bonds is 17. The van der Waals surface area contributed by atoms with Gasteiger partial charge in [-0.1, -0.05) is 66.7 Å². The van der Waals surface area contributed by atoms with Gasteiger partial charge in [0.1, 0.15) is 65.7 Å². The topological polar surface area (TPSA) is 440 Å². The molecule has 5 heterocycles. The van der Waals surface area contributed by atoms with Crippen LogP contribution in [0.1, 0.15) is 77.6 Å². The van der Waals surface area contributed by atoms with E-state index in [0.717, 1.165) is 16.7 Å². The van der Waals surface area contributed by atoms with E-state index in [1.807, 2.05) is 54.6 Å². The van der Waals surface area contributed by atoms with Gasteiger partial charge in [0.2, 0.25) is 59.1 Å². The average Bonchev–Trinajstić information content (AvgIpc) is 1.70. The van der Waals surface area contributed by atoms with Gasteiger partial charge in [0, 0.05) is 108 Å². The molecule has 0 spiro atoms. The van der Waals surface area contributed by atoms with Crippen LogP contribution in [-0.2, 0) is 96.3 Å². The number of phenolic OH excluding ortho intramolecular Hbond substituents is 1. The van der Waals surface area contributed by atoms with Crippen LogP contribution >= 0.6 is 23.5 Å². The fourth-order valence-electron chi connectivity index (χ4n) is 13.1. The Morgan fingerprint density at radius 1 is 0.579 bits per heavy atom. The molecule has 564 valence electrons. The Morgan fingerprint density at radius 2 is 1.17 bits per heavy atom. The minimum absolute atomic E-state index is 0.00427. The number of halogens is 2. The molecule has 32 heteroatoms. The highest BCUT2D eigenvalue weighted by Crippen LogP contribution is 2.30. The average molecular weight is 1510 g/mol. The SMILES string of the molecule is NCCCC[C@@H]1NC(=O)CCSCc2cccc(c2)CSC[C@@H](C(N)=O)NC(=O)[C@@H]2C[C@@H](Cc3ccccc3)CN2C(=O)[C@H](Cc2ccc(O)cc2)NC(=O)[C@H](Cc2cnc[nH]2)NC(=O)[C@H](CC(=O)O)NC(=O)[C@H](Cc2c[nH]c3ccc(F)cc23)NC(=O)[C@H](Cc2c[nH]c3ccc(F)cc23)NC(=O)CNC1=O. The zero-order valence-electron chi connectivity index (χ0n) is 58.2. The first-order valence-electron chi connectivity index (χ1n) is 35.0. The molecule has 2 bridgehead atoms. The number of hydrogen-bond donors (Lipinski definition) is 15. The number of fused-ring (bicyclic) bond motifs is 5. The van der Waals surface area contributed by atoms with Gasteiger partial charge in [0.25, 0.3) is 0 Å². The number of benzene rings is 5. The summed E-state index contributed by atoms with van der Waals surface area (Å²) >= 11 is 2.79. The van der Waals surface area contributed by atoms with Crippen molar-refractivity contribution in [1.29, 1.82) is 0 Å². The summed E-state index contributed by atoms with van der Waals surface area (Å²) in [4.78, 5) is 173. The van der Waals surface area contributed by atoms with E-state index in [1.54, 1.807) is 0 Å². The molecule has 28 nitrogen and oxygen atoms in total. The van der Waals surface area contributed by atoms with Gasteiger partial charge in [0.15, 0.2) is 0 Å². The van der Waals surface area contributed by atoms with Crippen LogP contribution in [0.3, 0.4) is 0 Å². The zero-order valence-corrected chi connectivity index (χ0v) is 59.8. The van der Waals surface area contributed by atoms with Gasteiger partial charge in [-0.2, -0.15) is 23.5 Å². The monoisotopic (exact) mass is 1510 g/mol. The van der Waals surface area contributed by atoms with Crippen LogP contribution in [0, 0.1) is 17.6 Å². The van der Waals surface area contributed by atoms with Crippen molar-refractivity contribution >= 4 is 110 Å². The van der Waals surface area contributed by atoms with Crippen LogP contribution in [0.5, 0.6) is 5.75 Å². The number of carboxylic acid groups (broad SMARTS) is 1. The lowest BCUT2D eigenvalue weighted by Gasteiger charge is -2.31. The van der Waals surface area contributed by atoms with Crippen molar-refractivity contribution in [3.63, 3.8) is 0 Å². The minimum atomic E-state index is -2.06. The quantitative estimate of drug-likeness (QED) is 0.0582. The van der Waals surface area contributed by atoms with Crippen molar-refractivity contribution in [1.82, 2.24) is 67.4 Å². The maximum Gasteiger partial charge on any atom is 0.305 e. The summed E-state index contributed by atoms with van der Waals surface area (Å²) < 4.78 is 29.9. The van der Waals surface area contributed by atoms with Gasteiger partial charge in [-0.15, -0.1) is 0 Å². The summed E-state index contributed by atoms with van der Waals surface area (Å²) in [6.45, 7) is -0.464. The van der Waals surface area contributed by atoms with Crippen LogP contribution in [0.25, 0.3) is 21.8 Å². The lowest BCUT2D eigenvalue weighted by molar-refractivity contribution is -0.143. The van der Waals surface area contributed by atoms with E-state index in [0.29, 0.717) is 70.6 Å². The fourth-order valence-corrected chi connectivity index (χ4v) is 15.0. The number of nitrogens with one attached hydrogen (secondary N) is 11. The molecule has 2 aliphatic heterocycles. The number of aromatic amines is 3. The normalized spacial score (nSPS) is 22.1. The zero-order chi connectivity index (χ0) is 76.1. The van der Waals surface area contributed by atoms with Gasteiger partial charge in [0.05, 0.1) is 19.3 Å². The first-order valence-corrected chi connectivity index (χ1v) is 37.3. The number of carbonyl (C=O) groups is 11. The number of H-pyrrole nitrogens is 3. The predicted octanol–water partition coefficient (Wildman–Crippen LogP) is 3.26. The van der Waals surface area contributed by atoms with Crippen molar-refractivity contribution in [2.45, 2.75) is 130 Å². The number of nitrogens with two attached hydrogens (primary N) is 2. The Bertz CT molecular complexity index is 4490. The van der Waals surface area contributed by atoms with Crippen molar-refractivity contribution in [2.75, 3.05) is 31.1 Å². The number of aromatic nitrogens is 4. The third-order valence-electron chi connectivity index (χ3n) is 18.5. The van der Waals surface area contributed by atoms with Gasteiger partial charge >= 0.3 is 5.97 Å². The van der Waals surface area contributed by atoms with E-state index in [9.17, 15) is 48.2 Å². The van der Waals surface area contributed by atoms with Crippen LogP contribution in [0.4, 0.5) is 8.78 Å². The number of nitrogens with zero attached hydrogens (tertiary/aromatic N) is 2. The first kappa shape index (κ1) is 78.5. The Balaban J connectivity index is 0.998. The molecule has 0 aliphatic carbocycles. The number of imidazole rings is 1. The second-order valence-electron chi connectivity index (χ2n) is 26.6. The second-order valence-corrected chi connectivity index (χ2v) is 28.7. The Kier molecular flexibility index (Phi) is 27.7. The molecule has 0 radical (unpaired) electrons. The number of carboxylic acids is 1. The minimum Gasteiger partial charge on any atom is -0.508 e. The number of amides is 10. The summed E-state index contributed by atoms with van der Waals surface area (Å²) in [6, 6.07) is 18.1. The Hall–Kier alpha value is -11.1. The lowest BCUT2D eigenvalue weighted by atomic mass is 9.96. The van der Waals surface area contributed by atoms with Gasteiger partial charge in [-0.05, 0) is 126 Å². The molecule has 1 saturated heterocycles. The van der Waals surface area contributed by atoms with Crippen molar-refractivity contribution in [3.05, 3.63) is 191 Å². The van der Waals surface area contributed by atoms with Crippen molar-refractivity contribution < 1.29 is 71.7 Å². The number of hydrogen-bond acceptors (Lipinski definition) is 16. The molecule has 5 aromatic carbocycles. The summed E-state index contributed by atoms with van der Waals surface area (Å²) in [5.41, 5.74) is 16.6. The molecule has 10 rings (SSSR count). The Labute approximate surface area is 622 Å². The molecule has 107 heavy (non-hydrogen) atoms. The molecule has 9 atom stereocenters. The van der Waals surface area contributed by atoms with Gasteiger partial charge in [-0.3, -0.25) is 52.7 Å². The standard InChI is InChI=1S/C75H85F2N15O13S2/c76-49-14-18-55-53(29-49)47(33-81-55)27-58-70(100)87-59(28-48-34-82-56-19-15-50(77)30-54(48)56)71(101)89-61(32-67(96)97)73(103)88-60(31-51-35-80-41-84-51)72(102)90-62(25-43-12-16-52(93)17-13-43)75(105)92-37-46(23-42-7-2-1-3-8-42)26-64(92)74(104)91-63(68(79)98)40-107-39-45-10-6-9-44(24-45)38-106-22-20-65(94)85-57(11-4-5-21-78)69(99)83-36-66(95)86-58/h1-3,6-10,12-19,24,29-30,33-35,41,46,57-64,81-82,93H,4-5,11,20-23,25-28,31-32,36-40,78H2,(H2,79,98)(H,80,84)(H,83,99)(H,85,94)(H,86,95)(H,87,100)(H,88,103)(H,89,101)(H,90,102)(H,91,104)(H,96,97)/t46-,57+,58+,59+,60+,61+,62+,63+,64+/m1/s1. The third-order valence-corrected chi connectivity index (χ3v) is 20.7. The number of aromatic hydroxyl groups is 1. The lowest BCUT2D eigenvalue weighted by Crippen LogP contribution is -2.61. The highest BCUT2D eigenvalue weighted by molar-refractivity contribution is 7.98. The number of phenols is 1. The van der Waals surface area contributed by atoms with Crippen LogP contribution in [0.2, 0.25) is 0 Å². The van der Waals surface area contributed by atoms with Gasteiger partial charge in [-0.25, -0.2) is 13.8 Å². The molecule has 17 N–H and O–H groups in total. The number of aliphatic carboxylic acids is 1.